The smallest absolute Gasteiger partial charge is 0.330 e. The summed E-state index contributed by atoms with van der Waals surface area (Å²) in [4.78, 5) is 21.2. The highest BCUT2D eigenvalue weighted by Gasteiger charge is 2.48. The lowest BCUT2D eigenvalue weighted by molar-refractivity contribution is -0.145. The number of ether oxygens (including phenoxy) is 2. The van der Waals surface area contributed by atoms with Crippen molar-refractivity contribution in [1.82, 2.24) is 9.97 Å². The van der Waals surface area contributed by atoms with Crippen molar-refractivity contribution < 1.29 is 19.4 Å². The molecule has 0 aliphatic rings. The zero-order valence-electron chi connectivity index (χ0n) is 17.2. The van der Waals surface area contributed by atoms with Gasteiger partial charge in [-0.2, -0.15) is 4.98 Å². The van der Waals surface area contributed by atoms with Crippen molar-refractivity contribution in [3.05, 3.63) is 83.6 Å². The number of benzene rings is 2. The van der Waals surface area contributed by atoms with E-state index in [-0.39, 0.29) is 5.95 Å². The molecule has 7 nitrogen and oxygen atoms in total. The van der Waals surface area contributed by atoms with Gasteiger partial charge in [0.1, 0.15) is 5.60 Å². The number of carboxylic acid groups (broad SMARTS) is 1. The molecule has 0 saturated carbocycles. The average Bonchev–Trinajstić information content (AvgIpc) is 2.76. The summed E-state index contributed by atoms with van der Waals surface area (Å²) in [5.74, 6) is -0.606. The summed E-state index contributed by atoms with van der Waals surface area (Å²) >= 11 is 0. The maximum absolute atomic E-state index is 12.6. The van der Waals surface area contributed by atoms with Crippen LogP contribution in [0, 0.1) is 6.92 Å². The zero-order valence-corrected chi connectivity index (χ0v) is 17.2. The average molecular weight is 407 g/mol. The molecule has 0 fully saturated rings. The van der Waals surface area contributed by atoms with Gasteiger partial charge in [0.15, 0.2) is 6.04 Å². The van der Waals surface area contributed by atoms with E-state index in [0.717, 1.165) is 0 Å². The Morgan fingerprint density at radius 2 is 1.63 bits per heavy atom. The molecule has 3 rings (SSSR count). The van der Waals surface area contributed by atoms with E-state index in [4.69, 9.17) is 9.47 Å². The van der Waals surface area contributed by atoms with Crippen molar-refractivity contribution in [3.63, 3.8) is 0 Å². The van der Waals surface area contributed by atoms with Crippen molar-refractivity contribution in [2.45, 2.75) is 25.5 Å². The van der Waals surface area contributed by atoms with Gasteiger partial charge in [-0.3, -0.25) is 0 Å². The maximum atomic E-state index is 12.6. The Labute approximate surface area is 175 Å². The van der Waals surface area contributed by atoms with Crippen LogP contribution in [0.15, 0.2) is 66.7 Å². The summed E-state index contributed by atoms with van der Waals surface area (Å²) in [5.41, 5.74) is 0.744. The van der Waals surface area contributed by atoms with Crippen LogP contribution in [0.2, 0.25) is 0 Å². The summed E-state index contributed by atoms with van der Waals surface area (Å²) in [7, 11) is 1.50. The summed E-state index contributed by atoms with van der Waals surface area (Å²) in [5, 5.41) is 13.3. The number of aromatic nitrogens is 2. The van der Waals surface area contributed by atoms with Crippen molar-refractivity contribution >= 4 is 11.9 Å². The molecule has 7 heteroatoms. The van der Waals surface area contributed by atoms with E-state index in [2.05, 4.69) is 15.3 Å². The van der Waals surface area contributed by atoms with Gasteiger partial charge in [0.05, 0.1) is 7.11 Å². The number of carboxylic acids is 1. The Bertz CT molecular complexity index is 941. The van der Waals surface area contributed by atoms with E-state index in [1.807, 2.05) is 67.6 Å². The highest BCUT2D eigenvalue weighted by molar-refractivity contribution is 5.80. The number of carbonyl (C=O) groups is 1. The maximum Gasteiger partial charge on any atom is 0.330 e. The second-order valence-electron chi connectivity index (χ2n) is 6.69. The summed E-state index contributed by atoms with van der Waals surface area (Å²) in [6.07, 6.45) is 0. The first-order chi connectivity index (χ1) is 14.5. The normalized spacial score (nSPS) is 12.2. The number of anilines is 1. The molecule has 1 aromatic heterocycles. The molecule has 0 aliphatic carbocycles. The van der Waals surface area contributed by atoms with Crippen LogP contribution < -0.4 is 10.1 Å². The monoisotopic (exact) mass is 407 g/mol. The summed E-state index contributed by atoms with van der Waals surface area (Å²) in [6, 6.07) is 19.1. The molecule has 1 heterocycles. The Morgan fingerprint density at radius 1 is 1.07 bits per heavy atom. The Hall–Kier alpha value is -3.45. The molecule has 2 N–H and O–H groups in total. The first-order valence-electron chi connectivity index (χ1n) is 9.65. The number of nitrogens with one attached hydrogen (secondary N) is 1. The Morgan fingerprint density at radius 3 is 2.10 bits per heavy atom. The highest BCUT2D eigenvalue weighted by Crippen LogP contribution is 2.38. The second-order valence-corrected chi connectivity index (χ2v) is 6.69. The van der Waals surface area contributed by atoms with E-state index in [9.17, 15) is 9.90 Å². The minimum atomic E-state index is -1.32. The predicted octanol–water partition coefficient (Wildman–Crippen LogP) is 3.64. The first kappa shape index (κ1) is 21.3. The van der Waals surface area contributed by atoms with Gasteiger partial charge in [-0.25, -0.2) is 9.78 Å². The number of aryl methyl sites for hydroxylation is 1. The van der Waals surface area contributed by atoms with Gasteiger partial charge in [-0.05, 0) is 25.0 Å². The molecule has 1 unspecified atom stereocenters. The third-order valence-corrected chi connectivity index (χ3v) is 4.74. The van der Waals surface area contributed by atoms with Crippen LogP contribution in [-0.2, 0) is 15.1 Å². The van der Waals surface area contributed by atoms with Crippen molar-refractivity contribution in [2.24, 2.45) is 0 Å². The SMILES string of the molecule is CCOC(c1ccccc1)(c1ccccc1)C(Nc1nc(C)cc(OC)n1)C(=O)O. The van der Waals surface area contributed by atoms with Gasteiger partial charge >= 0.3 is 5.97 Å². The fourth-order valence-electron chi connectivity index (χ4n) is 3.52. The Kier molecular flexibility index (Phi) is 6.64. The third-order valence-electron chi connectivity index (χ3n) is 4.74. The highest BCUT2D eigenvalue weighted by atomic mass is 16.5. The van der Waals surface area contributed by atoms with Crippen molar-refractivity contribution in [2.75, 3.05) is 19.0 Å². The first-order valence-corrected chi connectivity index (χ1v) is 9.65. The number of hydrogen-bond donors (Lipinski definition) is 2. The van der Waals surface area contributed by atoms with Gasteiger partial charge in [0.2, 0.25) is 11.8 Å². The van der Waals surface area contributed by atoms with E-state index in [0.29, 0.717) is 29.3 Å². The lowest BCUT2D eigenvalue weighted by Gasteiger charge is -2.39. The number of methoxy groups -OCH3 is 1. The van der Waals surface area contributed by atoms with E-state index in [1.165, 1.54) is 7.11 Å². The molecule has 0 bridgehead atoms. The lowest BCUT2D eigenvalue weighted by atomic mass is 9.79. The molecule has 0 saturated heterocycles. The largest absolute Gasteiger partial charge is 0.481 e. The van der Waals surface area contributed by atoms with Crippen molar-refractivity contribution in [3.8, 4) is 5.88 Å². The number of rotatable bonds is 9. The molecule has 0 amide bonds. The predicted molar refractivity (Wildman–Crippen MR) is 114 cm³/mol. The van der Waals surface area contributed by atoms with E-state index < -0.39 is 17.6 Å². The fourth-order valence-corrected chi connectivity index (χ4v) is 3.52. The van der Waals surface area contributed by atoms with Gasteiger partial charge < -0.3 is 19.9 Å². The van der Waals surface area contributed by atoms with Crippen LogP contribution in [0.5, 0.6) is 5.88 Å². The minimum Gasteiger partial charge on any atom is -0.481 e. The van der Waals surface area contributed by atoms with Gasteiger partial charge in [-0.1, -0.05) is 60.7 Å². The van der Waals surface area contributed by atoms with E-state index in [1.54, 1.807) is 13.0 Å². The second kappa shape index (κ2) is 9.37. The number of hydrogen-bond acceptors (Lipinski definition) is 6. The van der Waals surface area contributed by atoms with Crippen LogP contribution in [-0.4, -0.2) is 40.8 Å². The van der Waals surface area contributed by atoms with Crippen LogP contribution in [0.1, 0.15) is 23.7 Å². The van der Waals surface area contributed by atoms with Crippen LogP contribution in [0.3, 0.4) is 0 Å². The topological polar surface area (TPSA) is 93.6 Å². The zero-order chi connectivity index (χ0) is 21.6. The van der Waals surface area contributed by atoms with Gasteiger partial charge in [-0.15, -0.1) is 0 Å². The summed E-state index contributed by atoms with van der Waals surface area (Å²) in [6.45, 7) is 3.92. The molecule has 2 aromatic carbocycles. The minimum absolute atomic E-state index is 0.148. The van der Waals surface area contributed by atoms with Crippen molar-refractivity contribution in [1.29, 1.82) is 0 Å². The molecular formula is C23H25N3O4. The molecular weight excluding hydrogens is 382 g/mol. The van der Waals surface area contributed by atoms with Crippen LogP contribution >= 0.6 is 0 Å². The Balaban J connectivity index is 2.21. The molecule has 3 aromatic rings. The molecule has 30 heavy (non-hydrogen) atoms. The molecule has 0 spiro atoms. The third kappa shape index (κ3) is 4.26. The van der Waals surface area contributed by atoms with Crippen LogP contribution in [0.4, 0.5) is 5.95 Å². The summed E-state index contributed by atoms with van der Waals surface area (Å²) < 4.78 is 11.5. The number of aliphatic carboxylic acids is 1. The molecule has 0 radical (unpaired) electrons. The molecule has 156 valence electrons. The van der Waals surface area contributed by atoms with E-state index >= 15 is 0 Å². The molecule has 0 aliphatic heterocycles. The quantitative estimate of drug-likeness (QED) is 0.559. The standard InChI is InChI=1S/C23H25N3O4/c1-4-30-23(17-11-7-5-8-12-17,18-13-9-6-10-14-18)20(21(27)28)26-22-24-16(2)15-19(25-22)29-3/h5-15,20H,4H2,1-3H3,(H,27,28)(H,24,25,26). The number of nitrogens with zero attached hydrogens (tertiary/aromatic N) is 2. The van der Waals surface area contributed by atoms with Gasteiger partial charge in [0, 0.05) is 18.4 Å². The lowest BCUT2D eigenvalue weighted by Crippen LogP contribution is -2.52. The fraction of sp³-hybridized carbons (Fsp3) is 0.261. The van der Waals surface area contributed by atoms with Crippen LogP contribution in [0.25, 0.3) is 0 Å². The molecule has 1 atom stereocenters. The van der Waals surface area contributed by atoms with Gasteiger partial charge in [0.25, 0.3) is 0 Å².